The van der Waals surface area contributed by atoms with Gasteiger partial charge in [0.15, 0.2) is 0 Å². The average molecular weight is 484 g/mol. The number of benzene rings is 5. The fourth-order valence-corrected chi connectivity index (χ4v) is 6.71. The van der Waals surface area contributed by atoms with E-state index in [9.17, 15) is 0 Å². The molecule has 2 aromatic heterocycles. The first-order valence-corrected chi connectivity index (χ1v) is 13.1. The molecule has 0 N–H and O–H groups in total. The third kappa shape index (κ3) is 3.03. The summed E-state index contributed by atoms with van der Waals surface area (Å²) < 4.78 is 11.7. The fraction of sp³-hybridized carbons (Fsp3) is 0.0909. The lowest BCUT2D eigenvalue weighted by atomic mass is 10.1. The van der Waals surface area contributed by atoms with Gasteiger partial charge in [-0.2, -0.15) is 0 Å². The van der Waals surface area contributed by atoms with E-state index < -0.39 is 0 Å². The molecule has 2 nitrogen and oxygen atoms in total. The molecule has 7 rings (SSSR count). The van der Waals surface area contributed by atoms with Crippen LogP contribution in [0, 0.1) is 20.8 Å². The van der Waals surface area contributed by atoms with Crippen molar-refractivity contribution in [3.63, 3.8) is 0 Å². The largest absolute Gasteiger partial charge is 0.457 e. The molecule has 0 unspecified atom stereocenters. The third-order valence-electron chi connectivity index (χ3n) is 7.36. The molecule has 0 saturated heterocycles. The lowest BCUT2D eigenvalue weighted by molar-refractivity contribution is 0.477. The minimum Gasteiger partial charge on any atom is -0.457 e. The van der Waals surface area contributed by atoms with E-state index in [-0.39, 0.29) is 0 Å². The smallest absolute Gasteiger partial charge is 0.132 e. The van der Waals surface area contributed by atoms with E-state index in [1.807, 2.05) is 11.3 Å². The van der Waals surface area contributed by atoms with E-state index in [0.29, 0.717) is 0 Å². The van der Waals surface area contributed by atoms with Crippen LogP contribution in [0.4, 0.5) is 0 Å². The number of aromatic nitrogens is 1. The van der Waals surface area contributed by atoms with Gasteiger partial charge in [-0.25, -0.2) is 0 Å². The lowest BCUT2D eigenvalue weighted by Gasteiger charge is -2.15. The summed E-state index contributed by atoms with van der Waals surface area (Å²) in [6.07, 6.45) is 0. The Bertz CT molecular complexity index is 1960. The minimum absolute atomic E-state index is 0.892. The highest BCUT2D eigenvalue weighted by Gasteiger charge is 2.19. The highest BCUT2D eigenvalue weighted by atomic mass is 32.1. The van der Waals surface area contributed by atoms with Crippen molar-refractivity contribution in [1.82, 2.24) is 4.57 Å². The van der Waals surface area contributed by atoms with Gasteiger partial charge < -0.3 is 9.30 Å². The predicted octanol–water partition coefficient (Wildman–Crippen LogP) is 9.87. The first-order chi connectivity index (χ1) is 17.6. The Hall–Kier alpha value is -4.08. The second-order valence-electron chi connectivity index (χ2n) is 9.49. The van der Waals surface area contributed by atoms with Crippen molar-refractivity contribution in [3.05, 3.63) is 114 Å². The van der Waals surface area contributed by atoms with Gasteiger partial charge in [0, 0.05) is 47.8 Å². The zero-order valence-corrected chi connectivity index (χ0v) is 21.3. The molecule has 0 amide bonds. The number of rotatable bonds is 3. The van der Waals surface area contributed by atoms with Gasteiger partial charge >= 0.3 is 0 Å². The summed E-state index contributed by atoms with van der Waals surface area (Å²) in [5.74, 6) is 1.80. The van der Waals surface area contributed by atoms with Gasteiger partial charge in [-0.1, -0.05) is 54.6 Å². The third-order valence-corrected chi connectivity index (χ3v) is 8.67. The van der Waals surface area contributed by atoms with Crippen LogP contribution in [0.25, 0.3) is 47.7 Å². The van der Waals surface area contributed by atoms with Gasteiger partial charge in [0.2, 0.25) is 0 Å². The Labute approximate surface area is 214 Å². The Morgan fingerprint density at radius 1 is 0.583 bits per heavy atom. The standard InChI is InChI=1S/C33H25NOS/c1-20-10-4-7-13-27(20)34-28-14-8-5-11-23(28)25-16-18-29(21(2)32(25)34)35-30-19-17-26-24-12-6-9-15-31(24)36-33(26)22(30)3/h4-19H,1-3H3. The van der Waals surface area contributed by atoms with Gasteiger partial charge in [0.1, 0.15) is 11.5 Å². The number of aryl methyl sites for hydroxylation is 3. The first kappa shape index (κ1) is 21.2. The zero-order chi connectivity index (χ0) is 24.4. The quantitative estimate of drug-likeness (QED) is 0.244. The lowest BCUT2D eigenvalue weighted by Crippen LogP contribution is -1.99. The van der Waals surface area contributed by atoms with E-state index in [4.69, 9.17) is 4.74 Å². The highest BCUT2D eigenvalue weighted by molar-refractivity contribution is 7.26. The Morgan fingerprint density at radius 3 is 2.08 bits per heavy atom. The first-order valence-electron chi connectivity index (χ1n) is 12.3. The molecule has 0 spiro atoms. The Balaban J connectivity index is 1.44. The Kier molecular flexibility index (Phi) is 4.70. The van der Waals surface area contributed by atoms with E-state index in [0.717, 1.165) is 17.1 Å². The van der Waals surface area contributed by atoms with Crippen LogP contribution < -0.4 is 4.74 Å². The molecule has 7 aromatic rings. The van der Waals surface area contributed by atoms with Gasteiger partial charge in [0.25, 0.3) is 0 Å². The summed E-state index contributed by atoms with van der Waals surface area (Å²) in [5, 5.41) is 5.11. The summed E-state index contributed by atoms with van der Waals surface area (Å²) in [5.41, 5.74) is 7.19. The molecule has 0 atom stereocenters. The number of ether oxygens (including phenoxy) is 1. The van der Waals surface area contributed by atoms with Crippen molar-refractivity contribution in [2.24, 2.45) is 0 Å². The van der Waals surface area contributed by atoms with Gasteiger partial charge in [0.05, 0.1) is 11.0 Å². The molecule has 5 aromatic carbocycles. The van der Waals surface area contributed by atoms with Gasteiger partial charge in [-0.3, -0.25) is 0 Å². The van der Waals surface area contributed by atoms with E-state index >= 15 is 0 Å². The molecule has 0 aliphatic rings. The maximum atomic E-state index is 6.66. The molecule has 0 aliphatic carbocycles. The van der Waals surface area contributed by atoms with Crippen molar-refractivity contribution < 1.29 is 4.74 Å². The highest BCUT2D eigenvalue weighted by Crippen LogP contribution is 2.42. The van der Waals surface area contributed by atoms with E-state index in [1.54, 1.807) is 0 Å². The van der Waals surface area contributed by atoms with Crippen LogP contribution in [0.3, 0.4) is 0 Å². The second-order valence-corrected chi connectivity index (χ2v) is 10.5. The number of hydrogen-bond donors (Lipinski definition) is 0. The maximum absolute atomic E-state index is 6.66. The number of hydrogen-bond acceptors (Lipinski definition) is 2. The van der Waals surface area contributed by atoms with E-state index in [2.05, 4.69) is 122 Å². The van der Waals surface area contributed by atoms with Crippen LogP contribution in [0.15, 0.2) is 97.1 Å². The molecule has 2 heterocycles. The fourth-order valence-electron chi connectivity index (χ4n) is 5.51. The molecule has 36 heavy (non-hydrogen) atoms. The summed E-state index contributed by atoms with van der Waals surface area (Å²) in [7, 11) is 0. The maximum Gasteiger partial charge on any atom is 0.132 e. The molecule has 0 bridgehead atoms. The number of thiophene rings is 1. The van der Waals surface area contributed by atoms with Crippen LogP contribution in [-0.4, -0.2) is 4.57 Å². The van der Waals surface area contributed by atoms with Crippen molar-refractivity contribution in [1.29, 1.82) is 0 Å². The van der Waals surface area contributed by atoms with Gasteiger partial charge in [-0.15, -0.1) is 11.3 Å². The summed E-state index contributed by atoms with van der Waals surface area (Å²) >= 11 is 1.84. The van der Waals surface area contributed by atoms with Crippen LogP contribution >= 0.6 is 11.3 Å². The second kappa shape index (κ2) is 7.97. The van der Waals surface area contributed by atoms with Gasteiger partial charge in [-0.05, 0) is 68.8 Å². The van der Waals surface area contributed by atoms with Crippen molar-refractivity contribution in [3.8, 4) is 17.2 Å². The average Bonchev–Trinajstić information content (AvgIpc) is 3.44. The van der Waals surface area contributed by atoms with E-state index in [1.165, 1.54) is 58.8 Å². The molecule has 174 valence electrons. The molecular weight excluding hydrogens is 458 g/mol. The molecule has 0 saturated carbocycles. The number of nitrogens with zero attached hydrogens (tertiary/aromatic N) is 1. The van der Waals surface area contributed by atoms with Crippen molar-refractivity contribution in [2.75, 3.05) is 0 Å². The molecule has 0 radical (unpaired) electrons. The van der Waals surface area contributed by atoms with Crippen molar-refractivity contribution in [2.45, 2.75) is 20.8 Å². The molecule has 0 aliphatic heterocycles. The Morgan fingerprint density at radius 2 is 1.25 bits per heavy atom. The summed E-state index contributed by atoms with van der Waals surface area (Å²) in [6, 6.07) is 34.5. The normalized spacial score (nSPS) is 11.8. The molecule has 3 heteroatoms. The van der Waals surface area contributed by atoms with Crippen LogP contribution in [-0.2, 0) is 0 Å². The monoisotopic (exact) mass is 483 g/mol. The molecule has 0 fully saturated rings. The van der Waals surface area contributed by atoms with Crippen LogP contribution in [0.5, 0.6) is 11.5 Å². The summed E-state index contributed by atoms with van der Waals surface area (Å²) in [4.78, 5) is 0. The SMILES string of the molecule is Cc1ccccc1-n1c2ccccc2c2ccc(Oc3ccc4c(sc5ccccc54)c3C)c(C)c21. The van der Waals surface area contributed by atoms with Crippen LogP contribution in [0.2, 0.25) is 0 Å². The zero-order valence-electron chi connectivity index (χ0n) is 20.5. The minimum atomic E-state index is 0.892. The number of fused-ring (bicyclic) bond motifs is 6. The topological polar surface area (TPSA) is 14.2 Å². The predicted molar refractivity (Wildman–Crippen MR) is 154 cm³/mol. The number of para-hydroxylation sites is 2. The van der Waals surface area contributed by atoms with Crippen molar-refractivity contribution >= 4 is 53.3 Å². The molecular formula is C33H25NOS. The summed E-state index contributed by atoms with van der Waals surface area (Å²) in [6.45, 7) is 6.53. The van der Waals surface area contributed by atoms with Crippen LogP contribution in [0.1, 0.15) is 16.7 Å².